The monoisotopic (exact) mass is 476 g/mol. The number of hydrogen-bond donors (Lipinski definition) is 2. The van der Waals surface area contributed by atoms with E-state index in [1.807, 2.05) is 13.8 Å². The number of esters is 1. The fourth-order valence-corrected chi connectivity index (χ4v) is 2.91. The molecule has 0 spiro atoms. The summed E-state index contributed by atoms with van der Waals surface area (Å²) < 4.78 is 5.15. The van der Waals surface area contributed by atoms with Crippen molar-refractivity contribution in [2.45, 2.75) is 32.8 Å². The molecular weight excluding hydrogens is 447 g/mol. The third kappa shape index (κ3) is 6.71. The Balaban J connectivity index is 0.00000338. The Kier molecular flexibility index (Phi) is 10.5. The molecule has 8 heteroatoms. The fraction of sp³-hybridized carbons (Fsp3) is 0.611. The number of rotatable bonds is 6. The molecule has 1 saturated heterocycles. The second-order valence-corrected chi connectivity index (χ2v) is 6.03. The first-order valence-electron chi connectivity index (χ1n) is 8.93. The Morgan fingerprint density at radius 2 is 2.19 bits per heavy atom. The SMILES string of the molecule is CCNC(=NCC(O)c1ccncc1)N1CCCC(C(=O)OCC)C1.I. The number of nitrogens with one attached hydrogen (secondary N) is 1. The van der Waals surface area contributed by atoms with E-state index in [1.54, 1.807) is 24.5 Å². The van der Waals surface area contributed by atoms with Gasteiger partial charge < -0.3 is 20.1 Å². The predicted octanol–water partition coefficient (Wildman–Crippen LogP) is 1.97. The Labute approximate surface area is 172 Å². The van der Waals surface area contributed by atoms with Gasteiger partial charge in [-0.2, -0.15) is 0 Å². The van der Waals surface area contributed by atoms with Crippen LogP contribution in [0.15, 0.2) is 29.5 Å². The highest BCUT2D eigenvalue weighted by molar-refractivity contribution is 14.0. The number of likely N-dealkylation sites (tertiary alicyclic amines) is 1. The minimum Gasteiger partial charge on any atom is -0.466 e. The van der Waals surface area contributed by atoms with Crippen LogP contribution >= 0.6 is 24.0 Å². The summed E-state index contributed by atoms with van der Waals surface area (Å²) in [6, 6.07) is 3.57. The van der Waals surface area contributed by atoms with Gasteiger partial charge >= 0.3 is 5.97 Å². The van der Waals surface area contributed by atoms with Crippen LogP contribution in [-0.4, -0.2) is 59.7 Å². The lowest BCUT2D eigenvalue weighted by Gasteiger charge is -2.34. The lowest BCUT2D eigenvalue weighted by atomic mass is 9.98. The van der Waals surface area contributed by atoms with Crippen LogP contribution < -0.4 is 5.32 Å². The van der Waals surface area contributed by atoms with E-state index in [4.69, 9.17) is 4.74 Å². The van der Waals surface area contributed by atoms with Crippen LogP contribution in [-0.2, 0) is 9.53 Å². The molecule has 26 heavy (non-hydrogen) atoms. The highest BCUT2D eigenvalue weighted by Gasteiger charge is 2.28. The van der Waals surface area contributed by atoms with E-state index in [9.17, 15) is 9.90 Å². The Bertz CT molecular complexity index is 571. The molecule has 2 atom stereocenters. The third-order valence-corrected chi connectivity index (χ3v) is 4.18. The first-order chi connectivity index (χ1) is 12.2. The van der Waals surface area contributed by atoms with Crippen molar-refractivity contribution < 1.29 is 14.6 Å². The minimum atomic E-state index is -0.678. The average molecular weight is 476 g/mol. The van der Waals surface area contributed by atoms with Gasteiger partial charge in [0.15, 0.2) is 5.96 Å². The van der Waals surface area contributed by atoms with E-state index < -0.39 is 6.10 Å². The smallest absolute Gasteiger partial charge is 0.310 e. The zero-order chi connectivity index (χ0) is 18.1. The molecule has 7 nitrogen and oxygen atoms in total. The maximum Gasteiger partial charge on any atom is 0.310 e. The molecule has 1 aromatic heterocycles. The van der Waals surface area contributed by atoms with Gasteiger partial charge in [-0.3, -0.25) is 14.8 Å². The highest BCUT2D eigenvalue weighted by Crippen LogP contribution is 2.18. The average Bonchev–Trinajstić information content (AvgIpc) is 2.66. The summed E-state index contributed by atoms with van der Waals surface area (Å²) in [5.74, 6) is 0.465. The van der Waals surface area contributed by atoms with E-state index in [0.717, 1.165) is 37.5 Å². The summed E-state index contributed by atoms with van der Waals surface area (Å²) in [5, 5.41) is 13.5. The van der Waals surface area contributed by atoms with Crippen LogP contribution in [0.4, 0.5) is 0 Å². The fourth-order valence-electron chi connectivity index (χ4n) is 2.91. The molecule has 2 unspecified atom stereocenters. The number of nitrogens with zero attached hydrogens (tertiary/aromatic N) is 3. The van der Waals surface area contributed by atoms with Crippen LogP contribution in [0.2, 0.25) is 0 Å². The van der Waals surface area contributed by atoms with Crippen molar-refractivity contribution in [1.29, 1.82) is 0 Å². The molecule has 1 aliphatic rings. The van der Waals surface area contributed by atoms with Gasteiger partial charge in [0.2, 0.25) is 0 Å². The summed E-state index contributed by atoms with van der Waals surface area (Å²) in [6.07, 6.45) is 4.39. The molecule has 0 aliphatic carbocycles. The zero-order valence-electron chi connectivity index (χ0n) is 15.4. The van der Waals surface area contributed by atoms with Gasteiger partial charge in [-0.25, -0.2) is 0 Å². The molecule has 2 rings (SSSR count). The van der Waals surface area contributed by atoms with Gasteiger partial charge in [0.05, 0.1) is 25.2 Å². The number of aromatic nitrogens is 1. The van der Waals surface area contributed by atoms with Gasteiger partial charge in [-0.05, 0) is 44.4 Å². The predicted molar refractivity (Wildman–Crippen MR) is 112 cm³/mol. The lowest BCUT2D eigenvalue weighted by Crippen LogP contribution is -2.48. The summed E-state index contributed by atoms with van der Waals surface area (Å²) in [6.45, 7) is 6.65. The number of carbonyl (C=O) groups excluding carboxylic acids is 1. The Morgan fingerprint density at radius 3 is 2.85 bits per heavy atom. The molecule has 0 aromatic carbocycles. The van der Waals surface area contributed by atoms with Crippen molar-refractivity contribution in [3.8, 4) is 0 Å². The number of aliphatic imine (C=N–C) groups is 1. The quantitative estimate of drug-likeness (QED) is 0.283. The van der Waals surface area contributed by atoms with Crippen molar-refractivity contribution in [1.82, 2.24) is 15.2 Å². The van der Waals surface area contributed by atoms with Gasteiger partial charge in [0, 0.05) is 32.0 Å². The zero-order valence-corrected chi connectivity index (χ0v) is 17.8. The maximum atomic E-state index is 12.0. The molecule has 146 valence electrons. The summed E-state index contributed by atoms with van der Waals surface area (Å²) in [4.78, 5) is 22.6. The number of hydrogen-bond acceptors (Lipinski definition) is 5. The Hall–Kier alpha value is -1.42. The second-order valence-electron chi connectivity index (χ2n) is 6.03. The van der Waals surface area contributed by atoms with Gasteiger partial charge in [-0.15, -0.1) is 24.0 Å². The van der Waals surface area contributed by atoms with Gasteiger partial charge in [0.1, 0.15) is 0 Å². The molecule has 1 aliphatic heterocycles. The van der Waals surface area contributed by atoms with Crippen molar-refractivity contribution in [3.05, 3.63) is 30.1 Å². The number of pyridine rings is 1. The summed E-state index contributed by atoms with van der Waals surface area (Å²) in [5.41, 5.74) is 0.789. The highest BCUT2D eigenvalue weighted by atomic mass is 127. The normalized spacial score (nSPS) is 18.7. The molecule has 2 N–H and O–H groups in total. The van der Waals surface area contributed by atoms with Crippen LogP contribution in [0.3, 0.4) is 0 Å². The number of carbonyl (C=O) groups is 1. The largest absolute Gasteiger partial charge is 0.466 e. The maximum absolute atomic E-state index is 12.0. The van der Waals surface area contributed by atoms with Gasteiger partial charge in [-0.1, -0.05) is 0 Å². The molecule has 0 radical (unpaired) electrons. The van der Waals surface area contributed by atoms with Crippen molar-refractivity contribution in [2.75, 3.05) is 32.8 Å². The molecule has 0 saturated carbocycles. The van der Waals surface area contributed by atoms with Crippen LogP contribution in [0.25, 0.3) is 0 Å². The van der Waals surface area contributed by atoms with E-state index in [0.29, 0.717) is 13.2 Å². The van der Waals surface area contributed by atoms with Gasteiger partial charge in [0.25, 0.3) is 0 Å². The van der Waals surface area contributed by atoms with E-state index in [2.05, 4.69) is 20.2 Å². The van der Waals surface area contributed by atoms with Crippen molar-refractivity contribution in [3.63, 3.8) is 0 Å². The third-order valence-electron chi connectivity index (χ3n) is 4.18. The van der Waals surface area contributed by atoms with Crippen molar-refractivity contribution in [2.24, 2.45) is 10.9 Å². The van der Waals surface area contributed by atoms with Crippen LogP contribution in [0.5, 0.6) is 0 Å². The number of halogens is 1. The topological polar surface area (TPSA) is 87.1 Å². The van der Waals surface area contributed by atoms with Crippen LogP contribution in [0, 0.1) is 5.92 Å². The van der Waals surface area contributed by atoms with Crippen molar-refractivity contribution >= 4 is 35.9 Å². The molecule has 1 fully saturated rings. The number of piperidine rings is 1. The van der Waals surface area contributed by atoms with Crippen LogP contribution in [0.1, 0.15) is 38.4 Å². The molecule has 1 aromatic rings. The number of ether oxygens (including phenoxy) is 1. The molecular formula is C18H29IN4O3. The first-order valence-corrected chi connectivity index (χ1v) is 8.93. The number of aliphatic hydroxyl groups is 1. The standard InChI is InChI=1S/C18H28N4O3.HI/c1-3-20-18(21-12-16(23)14-7-9-19-10-8-14)22-11-5-6-15(13-22)17(24)25-4-2;/h7-10,15-16,23H,3-6,11-13H2,1-2H3,(H,20,21);1H. The van der Waals surface area contributed by atoms with E-state index >= 15 is 0 Å². The first kappa shape index (κ1) is 22.6. The van der Waals surface area contributed by atoms with E-state index in [-0.39, 0.29) is 42.4 Å². The second kappa shape index (κ2) is 12.1. The number of aliphatic hydroxyl groups excluding tert-OH is 1. The minimum absolute atomic E-state index is 0. The summed E-state index contributed by atoms with van der Waals surface area (Å²) >= 11 is 0. The number of guanidine groups is 1. The Morgan fingerprint density at radius 1 is 1.46 bits per heavy atom. The summed E-state index contributed by atoms with van der Waals surface area (Å²) in [7, 11) is 0. The molecule has 2 heterocycles. The molecule has 0 bridgehead atoms. The van der Waals surface area contributed by atoms with E-state index in [1.165, 1.54) is 0 Å². The molecule has 0 amide bonds. The lowest BCUT2D eigenvalue weighted by molar-refractivity contribution is -0.149.